The summed E-state index contributed by atoms with van der Waals surface area (Å²) in [4.78, 5) is 45.0. The van der Waals surface area contributed by atoms with Crippen molar-refractivity contribution in [3.8, 4) is 0 Å². The van der Waals surface area contributed by atoms with Gasteiger partial charge in [0.05, 0.1) is 22.3 Å². The summed E-state index contributed by atoms with van der Waals surface area (Å²) in [6, 6.07) is 19.5. The summed E-state index contributed by atoms with van der Waals surface area (Å²) in [5, 5.41) is 13.3. The van der Waals surface area contributed by atoms with Crippen LogP contribution in [0.15, 0.2) is 72.8 Å². The number of benzene rings is 3. The number of non-ortho nitro benzene ring substituents is 1. The average molecular weight is 478 g/mol. The van der Waals surface area contributed by atoms with E-state index in [1.807, 2.05) is 31.2 Å². The van der Waals surface area contributed by atoms with Gasteiger partial charge in [0.1, 0.15) is 5.92 Å². The summed E-state index contributed by atoms with van der Waals surface area (Å²) < 4.78 is 0. The highest BCUT2D eigenvalue weighted by Gasteiger charge is 2.60. The number of fused-ring (bicyclic) bond motifs is 1. The lowest BCUT2D eigenvalue weighted by Crippen LogP contribution is -2.37. The molecule has 0 N–H and O–H groups in total. The molecule has 3 aromatic carbocycles. The Bertz CT molecular complexity index is 1280. The first-order valence-electron chi connectivity index (χ1n) is 10.8. The van der Waals surface area contributed by atoms with Crippen LogP contribution in [0.3, 0.4) is 0 Å². The quantitative estimate of drug-likeness (QED) is 0.296. The molecule has 0 bridgehead atoms. The van der Waals surface area contributed by atoms with Crippen molar-refractivity contribution in [2.45, 2.75) is 25.5 Å². The van der Waals surface area contributed by atoms with Crippen molar-refractivity contribution in [1.82, 2.24) is 0 Å². The maximum atomic E-state index is 13.6. The molecule has 0 radical (unpaired) electrons. The van der Waals surface area contributed by atoms with Gasteiger partial charge in [-0.05, 0) is 47.9 Å². The number of nitrogens with zero attached hydrogens (tertiary/aromatic N) is 3. The molecule has 2 heterocycles. The number of rotatable bonds is 5. The number of hydroxylamine groups is 1. The Hall–Kier alpha value is -3.75. The lowest BCUT2D eigenvalue weighted by molar-refractivity contribution is -0.384. The minimum atomic E-state index is -1.06. The van der Waals surface area contributed by atoms with E-state index in [9.17, 15) is 19.7 Å². The molecule has 34 heavy (non-hydrogen) atoms. The normalized spacial score (nSPS) is 21.8. The third-order valence-corrected chi connectivity index (χ3v) is 6.48. The molecule has 0 unspecified atom stereocenters. The van der Waals surface area contributed by atoms with Gasteiger partial charge in [-0.15, -0.1) is 0 Å². The van der Waals surface area contributed by atoms with Crippen LogP contribution < -0.4 is 9.96 Å². The van der Waals surface area contributed by atoms with E-state index in [2.05, 4.69) is 0 Å². The number of hydrogen-bond donors (Lipinski definition) is 0. The van der Waals surface area contributed by atoms with E-state index in [0.717, 1.165) is 22.4 Å². The first kappa shape index (κ1) is 22.1. The van der Waals surface area contributed by atoms with E-state index in [1.54, 1.807) is 36.4 Å². The Balaban J connectivity index is 1.58. The predicted octanol–water partition coefficient (Wildman–Crippen LogP) is 4.86. The topological polar surface area (TPSA) is 93.0 Å². The summed E-state index contributed by atoms with van der Waals surface area (Å²) in [7, 11) is 0. The first-order chi connectivity index (χ1) is 16.4. The van der Waals surface area contributed by atoms with Gasteiger partial charge >= 0.3 is 0 Å². The van der Waals surface area contributed by atoms with Gasteiger partial charge in [-0.25, -0.2) is 9.96 Å². The molecule has 5 rings (SSSR count). The molecule has 8 nitrogen and oxygen atoms in total. The number of nitro benzene ring substituents is 1. The second-order valence-electron chi connectivity index (χ2n) is 8.18. The van der Waals surface area contributed by atoms with Crippen molar-refractivity contribution in [3.63, 3.8) is 0 Å². The van der Waals surface area contributed by atoms with Gasteiger partial charge in [0, 0.05) is 17.2 Å². The monoisotopic (exact) mass is 477 g/mol. The van der Waals surface area contributed by atoms with Crippen LogP contribution in [0.2, 0.25) is 5.02 Å². The van der Waals surface area contributed by atoms with E-state index in [-0.39, 0.29) is 5.69 Å². The summed E-state index contributed by atoms with van der Waals surface area (Å²) >= 11 is 5.97. The van der Waals surface area contributed by atoms with Crippen LogP contribution >= 0.6 is 11.6 Å². The molecule has 3 atom stereocenters. The molecule has 3 aromatic rings. The third kappa shape index (κ3) is 3.61. The molecule has 2 saturated heterocycles. The van der Waals surface area contributed by atoms with Gasteiger partial charge in [-0.3, -0.25) is 24.5 Å². The molecule has 2 fully saturated rings. The van der Waals surface area contributed by atoms with Crippen LogP contribution in [0.4, 0.5) is 17.1 Å². The Morgan fingerprint density at radius 2 is 1.68 bits per heavy atom. The minimum absolute atomic E-state index is 0.112. The van der Waals surface area contributed by atoms with Gasteiger partial charge in [0.2, 0.25) is 5.91 Å². The smallest absolute Gasteiger partial charge is 0.271 e. The standard InChI is InChI=1S/C25H20ClN3O5/c1-2-15-6-8-16(9-7-15)22-21-23(34-28(22)19-4-3-5-20(14-19)29(32)33)25(31)27(24(21)30)18-12-10-17(26)11-13-18/h3-14,21-23H,2H2,1H3/t21-,22-,23-/m0/s1. The number of hydrogen-bond acceptors (Lipinski definition) is 6. The van der Waals surface area contributed by atoms with Crippen LogP contribution in [0.25, 0.3) is 0 Å². The molecular formula is C25H20ClN3O5. The van der Waals surface area contributed by atoms with E-state index >= 15 is 0 Å². The zero-order valence-corrected chi connectivity index (χ0v) is 18.9. The molecule has 9 heteroatoms. The molecule has 0 saturated carbocycles. The van der Waals surface area contributed by atoms with Crippen LogP contribution in [-0.2, 0) is 20.8 Å². The second kappa shape index (κ2) is 8.55. The zero-order valence-electron chi connectivity index (χ0n) is 18.1. The average Bonchev–Trinajstić information content (AvgIpc) is 3.36. The summed E-state index contributed by atoms with van der Waals surface area (Å²) in [5.74, 6) is -1.70. The highest BCUT2D eigenvalue weighted by molar-refractivity contribution is 6.31. The van der Waals surface area contributed by atoms with E-state index in [0.29, 0.717) is 16.4 Å². The number of amides is 2. The predicted molar refractivity (Wildman–Crippen MR) is 126 cm³/mol. The molecule has 0 spiro atoms. The molecular weight excluding hydrogens is 458 g/mol. The van der Waals surface area contributed by atoms with Crippen LogP contribution in [0, 0.1) is 16.0 Å². The number of halogens is 1. The Morgan fingerprint density at radius 3 is 2.32 bits per heavy atom. The summed E-state index contributed by atoms with van der Waals surface area (Å²) in [6.07, 6.45) is -0.206. The number of anilines is 2. The molecule has 0 aliphatic carbocycles. The fraction of sp³-hybridized carbons (Fsp3) is 0.200. The maximum Gasteiger partial charge on any atom is 0.271 e. The summed E-state index contributed by atoms with van der Waals surface area (Å²) in [6.45, 7) is 2.04. The molecule has 2 amide bonds. The second-order valence-corrected chi connectivity index (χ2v) is 8.62. The van der Waals surface area contributed by atoms with Crippen LogP contribution in [-0.4, -0.2) is 22.8 Å². The molecule has 0 aromatic heterocycles. The minimum Gasteiger partial charge on any atom is -0.273 e. The SMILES string of the molecule is CCc1ccc([C@H]2[C@@H]3C(=O)N(c4ccc(Cl)cc4)C(=O)[C@H]3ON2c2cccc([N+](=O)[O-])c2)cc1. The Kier molecular flexibility index (Phi) is 5.55. The number of nitro groups is 1. The van der Waals surface area contributed by atoms with E-state index in [4.69, 9.17) is 16.4 Å². The van der Waals surface area contributed by atoms with Gasteiger partial charge < -0.3 is 0 Å². The van der Waals surface area contributed by atoms with Gasteiger partial charge in [0.25, 0.3) is 11.6 Å². The summed E-state index contributed by atoms with van der Waals surface area (Å²) in [5.41, 5.74) is 2.60. The highest BCUT2D eigenvalue weighted by atomic mass is 35.5. The molecule has 172 valence electrons. The van der Waals surface area contributed by atoms with Gasteiger partial charge in [-0.2, -0.15) is 0 Å². The molecule has 2 aliphatic rings. The van der Waals surface area contributed by atoms with E-state index in [1.165, 1.54) is 17.2 Å². The van der Waals surface area contributed by atoms with Crippen molar-refractivity contribution in [1.29, 1.82) is 0 Å². The van der Waals surface area contributed by atoms with Crippen molar-refractivity contribution < 1.29 is 19.3 Å². The fourth-order valence-corrected chi connectivity index (χ4v) is 4.64. The Labute approximate surface area is 200 Å². The molecule has 2 aliphatic heterocycles. The van der Waals surface area contributed by atoms with Crippen molar-refractivity contribution in [2.75, 3.05) is 9.96 Å². The zero-order chi connectivity index (χ0) is 24.0. The van der Waals surface area contributed by atoms with Crippen LogP contribution in [0.5, 0.6) is 0 Å². The lowest BCUT2D eigenvalue weighted by atomic mass is 9.90. The largest absolute Gasteiger partial charge is 0.273 e. The number of aryl methyl sites for hydroxylation is 1. The Morgan fingerprint density at radius 1 is 0.971 bits per heavy atom. The van der Waals surface area contributed by atoms with Crippen molar-refractivity contribution >= 4 is 40.5 Å². The van der Waals surface area contributed by atoms with E-state index < -0.39 is 34.8 Å². The number of carbonyl (C=O) groups is 2. The van der Waals surface area contributed by atoms with Gasteiger partial charge in [-0.1, -0.05) is 48.9 Å². The maximum absolute atomic E-state index is 13.6. The lowest BCUT2D eigenvalue weighted by Gasteiger charge is -2.28. The van der Waals surface area contributed by atoms with Gasteiger partial charge in [0.15, 0.2) is 6.10 Å². The first-order valence-corrected chi connectivity index (χ1v) is 11.2. The van der Waals surface area contributed by atoms with Crippen molar-refractivity contribution in [2.24, 2.45) is 5.92 Å². The third-order valence-electron chi connectivity index (χ3n) is 6.22. The van der Waals surface area contributed by atoms with Crippen molar-refractivity contribution in [3.05, 3.63) is 99.1 Å². The highest BCUT2D eigenvalue weighted by Crippen LogP contribution is 2.48. The number of imide groups is 1. The fourth-order valence-electron chi connectivity index (χ4n) is 4.52. The number of carbonyl (C=O) groups excluding carboxylic acids is 2. The van der Waals surface area contributed by atoms with Crippen LogP contribution in [0.1, 0.15) is 24.1 Å².